The molecule has 0 heterocycles. The zero-order valence-electron chi connectivity index (χ0n) is 17.2. The molecule has 0 aliphatic heterocycles. The van der Waals surface area contributed by atoms with E-state index in [0.29, 0.717) is 15.6 Å². The van der Waals surface area contributed by atoms with Gasteiger partial charge in [0.05, 0.1) is 27.7 Å². The van der Waals surface area contributed by atoms with E-state index >= 15 is 0 Å². The van der Waals surface area contributed by atoms with Crippen molar-refractivity contribution >= 4 is 45.3 Å². The molecule has 0 atom stereocenters. The highest BCUT2D eigenvalue weighted by Gasteiger charge is 2.26. The van der Waals surface area contributed by atoms with Crippen LogP contribution in [0.25, 0.3) is 0 Å². The number of hydrogen-bond donors (Lipinski definition) is 1. The van der Waals surface area contributed by atoms with E-state index in [4.69, 9.17) is 23.2 Å². The van der Waals surface area contributed by atoms with Crippen LogP contribution in [0.2, 0.25) is 10.0 Å². The third kappa shape index (κ3) is 6.40. The molecule has 0 saturated heterocycles. The van der Waals surface area contributed by atoms with Gasteiger partial charge in [0.2, 0.25) is 10.0 Å². The summed E-state index contributed by atoms with van der Waals surface area (Å²) < 4.78 is 27.6. The second kappa shape index (κ2) is 10.7. The molecule has 0 aliphatic carbocycles. The molecule has 166 valence electrons. The van der Waals surface area contributed by atoms with Gasteiger partial charge in [-0.15, -0.1) is 0 Å². The molecule has 0 spiro atoms. The quantitative estimate of drug-likeness (QED) is 0.369. The highest BCUT2D eigenvalue weighted by Crippen LogP contribution is 2.22. The van der Waals surface area contributed by atoms with Gasteiger partial charge >= 0.3 is 0 Å². The molecule has 32 heavy (non-hydrogen) atoms. The van der Waals surface area contributed by atoms with Crippen molar-refractivity contribution < 1.29 is 13.2 Å². The fraction of sp³-hybridized carbons (Fsp3) is 0.130. The van der Waals surface area contributed by atoms with E-state index in [0.717, 1.165) is 15.4 Å². The first kappa shape index (κ1) is 23.9. The monoisotopic (exact) mass is 489 g/mol. The molecule has 6 nitrogen and oxygen atoms in total. The first-order chi connectivity index (χ1) is 15.3. The Bertz CT molecular complexity index is 1210. The fourth-order valence-electron chi connectivity index (χ4n) is 2.84. The van der Waals surface area contributed by atoms with Gasteiger partial charge in [0, 0.05) is 6.54 Å². The normalized spacial score (nSPS) is 11.8. The third-order valence-corrected chi connectivity index (χ3v) is 7.07. The topological polar surface area (TPSA) is 78.8 Å². The van der Waals surface area contributed by atoms with E-state index in [1.54, 1.807) is 42.5 Å². The van der Waals surface area contributed by atoms with Crippen molar-refractivity contribution in [3.63, 3.8) is 0 Å². The molecule has 3 aromatic rings. The Labute approximate surface area is 197 Å². The van der Waals surface area contributed by atoms with Crippen LogP contribution >= 0.6 is 23.2 Å². The number of hydrazone groups is 1. The molecular formula is C23H21Cl2N3O3S. The largest absolute Gasteiger partial charge is 0.272 e. The molecule has 0 fully saturated rings. The Kier molecular flexibility index (Phi) is 8.04. The van der Waals surface area contributed by atoms with Gasteiger partial charge in [-0.3, -0.25) is 4.79 Å². The van der Waals surface area contributed by atoms with Crippen molar-refractivity contribution in [2.75, 3.05) is 6.54 Å². The number of amides is 1. The third-order valence-electron chi connectivity index (χ3n) is 4.53. The van der Waals surface area contributed by atoms with Crippen molar-refractivity contribution in [2.24, 2.45) is 5.10 Å². The predicted molar refractivity (Wildman–Crippen MR) is 127 cm³/mol. The SMILES string of the molecule is Cc1ccc(S(=O)(=O)N(CC(=O)N/N=C\c2ccc(Cl)c(Cl)c2)Cc2ccccc2)cc1. The standard InChI is InChI=1S/C23H21Cl2N3O3S/c1-17-7-10-20(11-8-17)32(30,31)28(15-18-5-3-2-4-6-18)16-23(29)27-26-14-19-9-12-21(24)22(25)13-19/h2-14H,15-16H2,1H3,(H,27,29)/b26-14-. The molecule has 0 saturated carbocycles. The van der Waals surface area contributed by atoms with E-state index in [1.807, 2.05) is 25.1 Å². The van der Waals surface area contributed by atoms with Gasteiger partial charge < -0.3 is 0 Å². The van der Waals surface area contributed by atoms with Gasteiger partial charge in [-0.2, -0.15) is 9.41 Å². The minimum atomic E-state index is -3.91. The van der Waals surface area contributed by atoms with Crippen LogP contribution in [0.4, 0.5) is 0 Å². The van der Waals surface area contributed by atoms with E-state index in [1.165, 1.54) is 18.3 Å². The first-order valence-corrected chi connectivity index (χ1v) is 11.8. The second-order valence-electron chi connectivity index (χ2n) is 7.04. The minimum absolute atomic E-state index is 0.0426. The maximum atomic E-state index is 13.2. The van der Waals surface area contributed by atoms with Gasteiger partial charge in [-0.25, -0.2) is 13.8 Å². The number of benzene rings is 3. The summed E-state index contributed by atoms with van der Waals surface area (Å²) in [5.41, 5.74) is 4.69. The van der Waals surface area contributed by atoms with Crippen molar-refractivity contribution in [2.45, 2.75) is 18.4 Å². The number of carbonyl (C=O) groups excluding carboxylic acids is 1. The van der Waals surface area contributed by atoms with Crippen LogP contribution in [0.3, 0.4) is 0 Å². The Hall–Kier alpha value is -2.71. The van der Waals surface area contributed by atoms with Crippen LogP contribution in [0, 0.1) is 6.92 Å². The van der Waals surface area contributed by atoms with Crippen molar-refractivity contribution in [1.82, 2.24) is 9.73 Å². The molecule has 3 rings (SSSR count). The van der Waals surface area contributed by atoms with Crippen LogP contribution in [-0.4, -0.2) is 31.4 Å². The maximum Gasteiger partial charge on any atom is 0.255 e. The molecule has 0 bridgehead atoms. The number of hydrogen-bond acceptors (Lipinski definition) is 4. The van der Waals surface area contributed by atoms with E-state index < -0.39 is 22.5 Å². The summed E-state index contributed by atoms with van der Waals surface area (Å²) in [5, 5.41) is 4.66. The van der Waals surface area contributed by atoms with Crippen LogP contribution in [-0.2, 0) is 21.4 Å². The van der Waals surface area contributed by atoms with E-state index in [9.17, 15) is 13.2 Å². The summed E-state index contributed by atoms with van der Waals surface area (Å²) >= 11 is 11.8. The van der Waals surface area contributed by atoms with Crippen LogP contribution < -0.4 is 5.43 Å². The Balaban J connectivity index is 1.77. The average molecular weight is 490 g/mol. The molecule has 9 heteroatoms. The smallest absolute Gasteiger partial charge is 0.255 e. The highest BCUT2D eigenvalue weighted by atomic mass is 35.5. The van der Waals surface area contributed by atoms with Crippen molar-refractivity contribution in [3.8, 4) is 0 Å². The van der Waals surface area contributed by atoms with Gasteiger partial charge in [0.15, 0.2) is 0 Å². The Morgan fingerprint density at radius 2 is 1.69 bits per heavy atom. The zero-order chi connectivity index (χ0) is 23.1. The molecule has 1 N–H and O–H groups in total. The number of carbonyl (C=O) groups is 1. The Morgan fingerprint density at radius 1 is 1.00 bits per heavy atom. The van der Waals surface area contributed by atoms with E-state index in [-0.39, 0.29) is 11.4 Å². The second-order valence-corrected chi connectivity index (χ2v) is 9.79. The number of nitrogens with zero attached hydrogens (tertiary/aromatic N) is 2. The van der Waals surface area contributed by atoms with Crippen LogP contribution in [0.15, 0.2) is 82.8 Å². The number of sulfonamides is 1. The average Bonchev–Trinajstić information content (AvgIpc) is 2.77. The lowest BCUT2D eigenvalue weighted by molar-refractivity contribution is -0.121. The van der Waals surface area contributed by atoms with Gasteiger partial charge in [-0.1, -0.05) is 77.3 Å². The number of nitrogens with one attached hydrogen (secondary N) is 1. The number of aryl methyl sites for hydroxylation is 1. The summed E-state index contributed by atoms with van der Waals surface area (Å²) in [6, 6.07) is 20.5. The first-order valence-electron chi connectivity index (χ1n) is 9.63. The van der Waals surface area contributed by atoms with Crippen molar-refractivity contribution in [1.29, 1.82) is 0 Å². The summed E-state index contributed by atoms with van der Waals surface area (Å²) in [6.07, 6.45) is 1.40. The molecule has 3 aromatic carbocycles. The summed E-state index contributed by atoms with van der Waals surface area (Å²) in [5.74, 6) is -0.576. The summed E-state index contributed by atoms with van der Waals surface area (Å²) in [7, 11) is -3.91. The summed E-state index contributed by atoms with van der Waals surface area (Å²) in [6.45, 7) is 1.52. The fourth-order valence-corrected chi connectivity index (χ4v) is 4.53. The maximum absolute atomic E-state index is 13.2. The number of rotatable bonds is 8. The molecule has 1 amide bonds. The van der Waals surface area contributed by atoms with Gasteiger partial charge in [-0.05, 0) is 42.3 Å². The minimum Gasteiger partial charge on any atom is -0.272 e. The van der Waals surface area contributed by atoms with Gasteiger partial charge in [0.25, 0.3) is 5.91 Å². The molecule has 0 aromatic heterocycles. The zero-order valence-corrected chi connectivity index (χ0v) is 19.5. The van der Waals surface area contributed by atoms with E-state index in [2.05, 4.69) is 10.5 Å². The molecule has 0 aliphatic rings. The van der Waals surface area contributed by atoms with Crippen LogP contribution in [0.5, 0.6) is 0 Å². The molecule has 0 radical (unpaired) electrons. The van der Waals surface area contributed by atoms with Crippen LogP contribution in [0.1, 0.15) is 16.7 Å². The molecular weight excluding hydrogens is 469 g/mol. The van der Waals surface area contributed by atoms with Gasteiger partial charge in [0.1, 0.15) is 0 Å². The highest BCUT2D eigenvalue weighted by molar-refractivity contribution is 7.89. The lowest BCUT2D eigenvalue weighted by Gasteiger charge is -2.21. The number of halogens is 2. The molecule has 0 unspecified atom stereocenters. The summed E-state index contributed by atoms with van der Waals surface area (Å²) in [4.78, 5) is 12.6. The lowest BCUT2D eigenvalue weighted by atomic mass is 10.2. The Morgan fingerprint density at radius 3 is 2.34 bits per heavy atom. The van der Waals surface area contributed by atoms with Crippen molar-refractivity contribution in [3.05, 3.63) is 99.5 Å². The lowest BCUT2D eigenvalue weighted by Crippen LogP contribution is -2.39. The predicted octanol–water partition coefficient (Wildman–Crippen LogP) is 4.64.